The van der Waals surface area contributed by atoms with Crippen LogP contribution in [0.2, 0.25) is 0 Å². The Hall–Kier alpha value is -1.12. The number of aliphatic imine (C=N–C) groups is 1. The number of rotatable bonds is 9. The van der Waals surface area contributed by atoms with E-state index in [9.17, 15) is 44.9 Å². The average molecular weight is 679 g/mol. The molecule has 1 aromatic heterocycles. The zero-order valence-corrected chi connectivity index (χ0v) is 28.6. The molecule has 0 spiro atoms. The van der Waals surface area contributed by atoms with Gasteiger partial charge < -0.3 is 34.2 Å². The molecule has 0 bridgehead atoms. The first-order valence-electron chi connectivity index (χ1n) is 10.3. The van der Waals surface area contributed by atoms with Crippen molar-refractivity contribution in [2.24, 2.45) is 10.7 Å². The predicted octanol–water partition coefficient (Wildman–Crippen LogP) is -3.76. The van der Waals surface area contributed by atoms with E-state index in [1.54, 1.807) is 12.1 Å². The summed E-state index contributed by atoms with van der Waals surface area (Å²) in [5.41, 5.74) is 6.90. The number of H-pyrrole nitrogens is 1. The van der Waals surface area contributed by atoms with E-state index in [-0.39, 0.29) is 103 Å². The van der Waals surface area contributed by atoms with Gasteiger partial charge in [-0.1, -0.05) is 24.3 Å². The SMILES string of the molecule is NC(=Nc1cc(S(=O)(=O)[O-])cc(S(=O)(=O)O)c1)c1ccc(-c2nc3c(SOO[O-])cc(S(O)(O)O)cc3[nH]2)cc1.[Na+].[Na+]. The van der Waals surface area contributed by atoms with E-state index >= 15 is 0 Å². The average Bonchev–Trinajstić information content (AvgIpc) is 3.30. The van der Waals surface area contributed by atoms with Crippen LogP contribution in [0, 0.1) is 0 Å². The molecule has 1 heterocycles. The Balaban J connectivity index is 0.00000308. The molecule has 16 nitrogen and oxygen atoms in total. The minimum Gasteiger partial charge on any atom is -0.744 e. The number of nitrogens with two attached hydrogens (primary N) is 1. The molecule has 0 aliphatic rings. The summed E-state index contributed by atoms with van der Waals surface area (Å²) in [5.74, 6) is 0.0591. The fraction of sp³-hybridized carbons (Fsp3) is 0. The second-order valence-electron chi connectivity index (χ2n) is 7.81. The Labute approximate surface area is 288 Å². The van der Waals surface area contributed by atoms with E-state index in [4.69, 9.17) is 5.73 Å². The molecule has 22 heteroatoms. The second kappa shape index (κ2) is 14.3. The maximum Gasteiger partial charge on any atom is 1.00 e. The number of aromatic nitrogens is 2. The number of nitrogens with zero attached hydrogens (tertiary/aromatic N) is 2. The molecule has 4 aromatic rings. The molecule has 3 aromatic carbocycles. The second-order valence-corrected chi connectivity index (χ2v) is 12.9. The topological polar surface area (TPSA) is 281 Å². The summed E-state index contributed by atoms with van der Waals surface area (Å²) in [6.07, 6.45) is 0. The summed E-state index contributed by atoms with van der Waals surface area (Å²) in [7, 11) is -14.1. The van der Waals surface area contributed by atoms with Gasteiger partial charge in [-0.15, -0.1) is 0 Å². The summed E-state index contributed by atoms with van der Waals surface area (Å²) in [6, 6.07) is 10.5. The Morgan fingerprint density at radius 1 is 0.929 bits per heavy atom. The van der Waals surface area contributed by atoms with Gasteiger partial charge in [-0.2, -0.15) is 12.8 Å². The van der Waals surface area contributed by atoms with Crippen molar-refractivity contribution in [2.45, 2.75) is 19.6 Å². The van der Waals surface area contributed by atoms with Crippen LogP contribution in [0.25, 0.3) is 22.4 Å². The van der Waals surface area contributed by atoms with Crippen molar-refractivity contribution in [3.8, 4) is 11.4 Å². The molecule has 0 fully saturated rings. The van der Waals surface area contributed by atoms with E-state index in [0.29, 0.717) is 23.7 Å². The quantitative estimate of drug-likeness (QED) is 0.0189. The van der Waals surface area contributed by atoms with Crippen LogP contribution in [-0.4, -0.2) is 55.4 Å². The largest absolute Gasteiger partial charge is 1.00 e. The summed E-state index contributed by atoms with van der Waals surface area (Å²) >= 11 is 0.421. The number of nitrogens with one attached hydrogen (secondary N) is 1. The molecule has 42 heavy (non-hydrogen) atoms. The zero-order chi connectivity index (χ0) is 29.5. The fourth-order valence-corrected chi connectivity index (χ4v) is 5.68. The Morgan fingerprint density at radius 3 is 2.10 bits per heavy atom. The molecule has 0 atom stereocenters. The van der Waals surface area contributed by atoms with Gasteiger partial charge in [-0.05, 0) is 30.3 Å². The summed E-state index contributed by atoms with van der Waals surface area (Å²) in [6.45, 7) is 0. The van der Waals surface area contributed by atoms with Gasteiger partial charge in [0, 0.05) is 11.1 Å². The molecular formula is C20H16N4Na2O12S4. The molecular weight excluding hydrogens is 662 g/mol. The molecule has 7 N–H and O–H groups in total. The monoisotopic (exact) mass is 678 g/mol. The van der Waals surface area contributed by atoms with Gasteiger partial charge in [0.1, 0.15) is 38.2 Å². The van der Waals surface area contributed by atoms with Gasteiger partial charge in [0.15, 0.2) is 0 Å². The summed E-state index contributed by atoms with van der Waals surface area (Å²) < 4.78 is 99.7. The van der Waals surface area contributed by atoms with Crippen LogP contribution in [-0.2, 0) is 29.6 Å². The first-order chi connectivity index (χ1) is 18.6. The Bertz CT molecular complexity index is 1800. The van der Waals surface area contributed by atoms with Crippen LogP contribution < -0.4 is 70.1 Å². The van der Waals surface area contributed by atoms with Crippen molar-refractivity contribution in [3.63, 3.8) is 0 Å². The maximum absolute atomic E-state index is 11.5. The standard InChI is InChI=1S/C20H18N4O12S4.2Na/c21-19(22-12-5-13(38(26,27)28)7-14(6-12)39(29,30)31)10-1-3-11(4-2-10)20-23-16-8-15(40(32,33)34)9-17(18(16)24-20)37-36-35-25;;/h1-9,25,32-34H,(H2,21,22)(H,23,24)(H,26,27,28)(H,29,30,31);;/q;2*+1/p-2. The van der Waals surface area contributed by atoms with E-state index in [1.165, 1.54) is 18.2 Å². The number of amidine groups is 1. The smallest absolute Gasteiger partial charge is 0.744 e. The van der Waals surface area contributed by atoms with Crippen molar-refractivity contribution in [1.82, 2.24) is 9.97 Å². The fourth-order valence-electron chi connectivity index (χ4n) is 3.39. The summed E-state index contributed by atoms with van der Waals surface area (Å²) in [4.78, 5) is 9.29. The van der Waals surface area contributed by atoms with Crippen molar-refractivity contribution < 1.29 is 113 Å². The van der Waals surface area contributed by atoms with Gasteiger partial charge in [0.2, 0.25) is 0 Å². The van der Waals surface area contributed by atoms with Gasteiger partial charge in [-0.25, -0.2) is 18.4 Å². The molecule has 214 valence electrons. The van der Waals surface area contributed by atoms with Crippen molar-refractivity contribution in [3.05, 3.63) is 60.2 Å². The van der Waals surface area contributed by atoms with Crippen LogP contribution in [0.4, 0.5) is 5.69 Å². The maximum atomic E-state index is 11.5. The Morgan fingerprint density at radius 2 is 1.55 bits per heavy atom. The van der Waals surface area contributed by atoms with Gasteiger partial charge in [-0.3, -0.25) is 9.59 Å². The van der Waals surface area contributed by atoms with Crippen LogP contribution in [0.15, 0.2) is 79.2 Å². The van der Waals surface area contributed by atoms with Crippen LogP contribution in [0.3, 0.4) is 0 Å². The third-order valence-corrected chi connectivity index (χ3v) is 8.27. The molecule has 4 rings (SSSR count). The van der Waals surface area contributed by atoms with Gasteiger partial charge >= 0.3 is 59.1 Å². The molecule has 0 saturated heterocycles. The minimum absolute atomic E-state index is 0. The van der Waals surface area contributed by atoms with Crippen LogP contribution in [0.5, 0.6) is 0 Å². The molecule has 0 aliphatic heterocycles. The molecule has 0 amide bonds. The number of fused-ring (bicyclic) bond motifs is 1. The zero-order valence-electron chi connectivity index (χ0n) is 21.4. The molecule has 0 saturated carbocycles. The van der Waals surface area contributed by atoms with Crippen molar-refractivity contribution >= 4 is 65.7 Å². The number of hydrogen-bond donors (Lipinski definition) is 6. The minimum atomic E-state index is -5.09. The van der Waals surface area contributed by atoms with E-state index in [0.717, 1.165) is 18.2 Å². The van der Waals surface area contributed by atoms with Crippen molar-refractivity contribution in [1.29, 1.82) is 0 Å². The number of benzene rings is 3. The Kier molecular flexibility index (Phi) is 12.6. The normalized spacial score (nSPS) is 13.0. The predicted molar refractivity (Wildman–Crippen MR) is 138 cm³/mol. The van der Waals surface area contributed by atoms with E-state index in [1.807, 2.05) is 0 Å². The molecule has 0 unspecified atom stereocenters. The number of hydrogen-bond acceptors (Lipinski definition) is 14. The van der Waals surface area contributed by atoms with Crippen LogP contribution >= 0.6 is 22.9 Å². The first-order valence-corrected chi connectivity index (χ1v) is 15.4. The van der Waals surface area contributed by atoms with E-state index < -0.39 is 40.9 Å². The van der Waals surface area contributed by atoms with Gasteiger partial charge in [0.25, 0.3) is 10.1 Å². The first kappa shape index (κ1) is 37.1. The third kappa shape index (κ3) is 8.97. The van der Waals surface area contributed by atoms with E-state index in [2.05, 4.69) is 24.3 Å². The molecule has 0 aliphatic carbocycles. The van der Waals surface area contributed by atoms with Gasteiger partial charge in [0.05, 0.1) is 42.8 Å². The van der Waals surface area contributed by atoms with Crippen LogP contribution in [0.1, 0.15) is 5.56 Å². The number of imidazole rings is 1. The summed E-state index contributed by atoms with van der Waals surface area (Å²) in [5, 5.41) is 13.6. The van der Waals surface area contributed by atoms with Crippen molar-refractivity contribution in [2.75, 3.05) is 0 Å². The molecule has 0 radical (unpaired) electrons. The third-order valence-electron chi connectivity index (χ3n) is 5.15. The number of aromatic amines is 1.